The van der Waals surface area contributed by atoms with Crippen molar-refractivity contribution in [3.05, 3.63) is 29.8 Å². The first-order chi connectivity index (χ1) is 6.80. The molecule has 0 saturated heterocycles. The molecule has 1 nitrogen and oxygen atoms in total. The smallest absolute Gasteiger partial charge is 0.119 e. The van der Waals surface area contributed by atoms with Gasteiger partial charge in [-0.2, -0.15) is 0 Å². The Kier molecular flexibility index (Phi) is 4.51. The van der Waals surface area contributed by atoms with Crippen LogP contribution in [0.25, 0.3) is 0 Å². The minimum absolute atomic E-state index is 0.363. The maximum atomic E-state index is 5.81. The second-order valence-corrected chi connectivity index (χ2v) is 3.55. The molecule has 1 aromatic carbocycles. The lowest BCUT2D eigenvalue weighted by molar-refractivity contribution is 0.193. The first-order valence-electron chi connectivity index (χ1n) is 5.55. The highest BCUT2D eigenvalue weighted by Crippen LogP contribution is 2.16. The highest BCUT2D eigenvalue weighted by atomic mass is 16.5. The summed E-state index contributed by atoms with van der Waals surface area (Å²) in [4.78, 5) is 0. The predicted octanol–water partition coefficient (Wildman–Crippen LogP) is 3.82. The quantitative estimate of drug-likeness (QED) is 0.689. The molecule has 0 amide bonds. The van der Waals surface area contributed by atoms with Gasteiger partial charge in [-0.05, 0) is 37.0 Å². The summed E-state index contributed by atoms with van der Waals surface area (Å²) in [5.74, 6) is 0.996. The molecule has 0 aliphatic carbocycles. The summed E-state index contributed by atoms with van der Waals surface area (Å²) in [7, 11) is 0. The topological polar surface area (TPSA) is 9.23 Å². The molecule has 0 radical (unpaired) electrons. The van der Waals surface area contributed by atoms with Crippen LogP contribution in [-0.4, -0.2) is 6.10 Å². The van der Waals surface area contributed by atoms with Gasteiger partial charge in [-0.15, -0.1) is 0 Å². The van der Waals surface area contributed by atoms with Crippen LogP contribution in [-0.2, 0) is 6.42 Å². The van der Waals surface area contributed by atoms with Gasteiger partial charge < -0.3 is 4.74 Å². The van der Waals surface area contributed by atoms with Gasteiger partial charge in [-0.1, -0.05) is 32.9 Å². The van der Waals surface area contributed by atoms with E-state index in [-0.39, 0.29) is 0 Å². The Hall–Kier alpha value is -0.980. The van der Waals surface area contributed by atoms with Crippen molar-refractivity contribution in [1.82, 2.24) is 0 Å². The van der Waals surface area contributed by atoms with Gasteiger partial charge in [-0.3, -0.25) is 0 Å². The fourth-order valence-electron chi connectivity index (χ4n) is 1.45. The molecule has 0 heterocycles. The average molecular weight is 192 g/mol. The molecule has 0 fully saturated rings. The first kappa shape index (κ1) is 11.1. The fourth-order valence-corrected chi connectivity index (χ4v) is 1.45. The third-order valence-corrected chi connectivity index (χ3v) is 2.55. The van der Waals surface area contributed by atoms with Crippen molar-refractivity contribution in [1.29, 1.82) is 0 Å². The molecule has 0 N–H and O–H groups in total. The van der Waals surface area contributed by atoms with Gasteiger partial charge in [-0.25, -0.2) is 0 Å². The van der Waals surface area contributed by atoms with Crippen molar-refractivity contribution >= 4 is 0 Å². The Labute approximate surface area is 87.1 Å². The molecule has 0 aliphatic rings. The van der Waals surface area contributed by atoms with E-state index in [0.29, 0.717) is 6.10 Å². The summed E-state index contributed by atoms with van der Waals surface area (Å²) >= 11 is 0. The van der Waals surface area contributed by atoms with Gasteiger partial charge in [0.2, 0.25) is 0 Å². The number of benzene rings is 1. The summed E-state index contributed by atoms with van der Waals surface area (Å²) in [6.07, 6.45) is 3.60. The molecule has 0 saturated carbocycles. The Balaban J connectivity index is 2.58. The van der Waals surface area contributed by atoms with Crippen LogP contribution in [0, 0.1) is 0 Å². The SMILES string of the molecule is CCc1ccc(OC(CC)CC)cc1. The zero-order valence-corrected chi connectivity index (χ0v) is 9.42. The Morgan fingerprint density at radius 3 is 2.00 bits per heavy atom. The maximum absolute atomic E-state index is 5.81. The molecule has 1 heteroatoms. The van der Waals surface area contributed by atoms with E-state index in [1.807, 2.05) is 0 Å². The maximum Gasteiger partial charge on any atom is 0.119 e. The van der Waals surface area contributed by atoms with Crippen molar-refractivity contribution in [2.45, 2.75) is 46.1 Å². The molecule has 78 valence electrons. The molecule has 1 aromatic rings. The predicted molar refractivity (Wildman–Crippen MR) is 60.8 cm³/mol. The van der Waals surface area contributed by atoms with Gasteiger partial charge in [0.1, 0.15) is 5.75 Å². The third kappa shape index (κ3) is 3.06. The second-order valence-electron chi connectivity index (χ2n) is 3.55. The number of hydrogen-bond donors (Lipinski definition) is 0. The summed E-state index contributed by atoms with van der Waals surface area (Å²) in [5, 5.41) is 0. The lowest BCUT2D eigenvalue weighted by atomic mass is 10.1. The van der Waals surface area contributed by atoms with Crippen molar-refractivity contribution in [2.75, 3.05) is 0 Å². The van der Waals surface area contributed by atoms with Crippen LogP contribution in [0.4, 0.5) is 0 Å². The zero-order chi connectivity index (χ0) is 10.4. The monoisotopic (exact) mass is 192 g/mol. The third-order valence-electron chi connectivity index (χ3n) is 2.55. The van der Waals surface area contributed by atoms with Crippen LogP contribution >= 0.6 is 0 Å². The van der Waals surface area contributed by atoms with Crippen LogP contribution in [0.15, 0.2) is 24.3 Å². The standard InChI is InChI=1S/C13H20O/c1-4-11-7-9-13(10-8-11)14-12(5-2)6-3/h7-10,12H,4-6H2,1-3H3. The largest absolute Gasteiger partial charge is 0.490 e. The first-order valence-corrected chi connectivity index (χ1v) is 5.55. The van der Waals surface area contributed by atoms with Gasteiger partial charge in [0.05, 0.1) is 6.10 Å². The van der Waals surface area contributed by atoms with Crippen molar-refractivity contribution < 1.29 is 4.74 Å². The van der Waals surface area contributed by atoms with Crippen LogP contribution in [0.5, 0.6) is 5.75 Å². The van der Waals surface area contributed by atoms with E-state index < -0.39 is 0 Å². The lowest BCUT2D eigenvalue weighted by Gasteiger charge is -2.15. The second kappa shape index (κ2) is 5.69. The number of aryl methyl sites for hydroxylation is 1. The van der Waals surface area contributed by atoms with E-state index in [2.05, 4.69) is 45.0 Å². The van der Waals surface area contributed by atoms with E-state index in [9.17, 15) is 0 Å². The summed E-state index contributed by atoms with van der Waals surface area (Å²) in [6, 6.07) is 8.41. The number of hydrogen-bond acceptors (Lipinski definition) is 1. The highest BCUT2D eigenvalue weighted by Gasteiger charge is 2.04. The molecule has 0 bridgehead atoms. The number of rotatable bonds is 5. The molecule has 0 aromatic heterocycles. The molecule has 14 heavy (non-hydrogen) atoms. The van der Waals surface area contributed by atoms with E-state index in [1.165, 1.54) is 5.56 Å². The highest BCUT2D eigenvalue weighted by molar-refractivity contribution is 5.27. The van der Waals surface area contributed by atoms with Crippen LogP contribution in [0.2, 0.25) is 0 Å². The summed E-state index contributed by atoms with van der Waals surface area (Å²) in [5.41, 5.74) is 1.36. The molecule has 0 spiro atoms. The fraction of sp³-hybridized carbons (Fsp3) is 0.538. The number of ether oxygens (including phenoxy) is 1. The molecular weight excluding hydrogens is 172 g/mol. The van der Waals surface area contributed by atoms with Crippen LogP contribution in [0.1, 0.15) is 39.2 Å². The van der Waals surface area contributed by atoms with E-state index in [4.69, 9.17) is 4.74 Å². The lowest BCUT2D eigenvalue weighted by Crippen LogP contribution is -2.13. The normalized spacial score (nSPS) is 10.6. The van der Waals surface area contributed by atoms with E-state index >= 15 is 0 Å². The Bertz CT molecular complexity index is 246. The van der Waals surface area contributed by atoms with Gasteiger partial charge in [0.15, 0.2) is 0 Å². The van der Waals surface area contributed by atoms with Gasteiger partial charge >= 0.3 is 0 Å². The van der Waals surface area contributed by atoms with Gasteiger partial charge in [0.25, 0.3) is 0 Å². The van der Waals surface area contributed by atoms with Crippen molar-refractivity contribution in [3.63, 3.8) is 0 Å². The van der Waals surface area contributed by atoms with Crippen molar-refractivity contribution in [2.24, 2.45) is 0 Å². The summed E-state index contributed by atoms with van der Waals surface area (Å²) in [6.45, 7) is 6.49. The molecular formula is C13H20O. The van der Waals surface area contributed by atoms with E-state index in [1.54, 1.807) is 0 Å². The average Bonchev–Trinajstić information content (AvgIpc) is 2.26. The minimum Gasteiger partial charge on any atom is -0.490 e. The minimum atomic E-state index is 0.363. The van der Waals surface area contributed by atoms with Crippen LogP contribution in [0.3, 0.4) is 0 Å². The molecule has 1 rings (SSSR count). The Morgan fingerprint density at radius 2 is 1.57 bits per heavy atom. The molecule has 0 unspecified atom stereocenters. The Morgan fingerprint density at radius 1 is 1.00 bits per heavy atom. The molecule has 0 aliphatic heterocycles. The zero-order valence-electron chi connectivity index (χ0n) is 9.42. The van der Waals surface area contributed by atoms with Gasteiger partial charge in [0, 0.05) is 0 Å². The van der Waals surface area contributed by atoms with Crippen molar-refractivity contribution in [3.8, 4) is 5.75 Å². The van der Waals surface area contributed by atoms with E-state index in [0.717, 1.165) is 25.0 Å². The van der Waals surface area contributed by atoms with Crippen LogP contribution < -0.4 is 4.74 Å². The summed E-state index contributed by atoms with van der Waals surface area (Å²) < 4.78 is 5.81. The molecule has 0 atom stereocenters.